The van der Waals surface area contributed by atoms with Crippen molar-refractivity contribution in [3.05, 3.63) is 29.6 Å². The summed E-state index contributed by atoms with van der Waals surface area (Å²) in [7, 11) is 0. The molecule has 0 bridgehead atoms. The molecule has 0 saturated carbocycles. The molecule has 0 aromatic carbocycles. The van der Waals surface area contributed by atoms with Crippen molar-refractivity contribution in [1.29, 1.82) is 0 Å². The zero-order valence-corrected chi connectivity index (χ0v) is 10.8. The lowest BCUT2D eigenvalue weighted by Crippen LogP contribution is -2.27. The quantitative estimate of drug-likeness (QED) is 0.587. The van der Waals surface area contributed by atoms with E-state index in [2.05, 4.69) is 4.98 Å². The number of pyridine rings is 1. The van der Waals surface area contributed by atoms with Crippen molar-refractivity contribution in [2.75, 3.05) is 13.2 Å². The zero-order valence-electron chi connectivity index (χ0n) is 10.8. The van der Waals surface area contributed by atoms with Gasteiger partial charge in [0.1, 0.15) is 0 Å². The van der Waals surface area contributed by atoms with Gasteiger partial charge in [-0.2, -0.15) is 0 Å². The number of hydrogen-bond acceptors (Lipinski definition) is 5. The molecule has 0 aliphatic rings. The molecule has 0 N–H and O–H groups in total. The van der Waals surface area contributed by atoms with Crippen molar-refractivity contribution in [3.63, 3.8) is 0 Å². The van der Waals surface area contributed by atoms with E-state index in [9.17, 15) is 9.59 Å². The first-order valence-electron chi connectivity index (χ1n) is 5.86. The standard InChI is InChI=1S/C13H17NO4/c1-4-17-12(15)11(13(16)18-5-2)10-7-6-9(3)8-14-10/h6-8,11H,4-5H2,1-3H3. The van der Waals surface area contributed by atoms with Gasteiger partial charge >= 0.3 is 11.9 Å². The van der Waals surface area contributed by atoms with Gasteiger partial charge in [0.2, 0.25) is 0 Å². The Morgan fingerprint density at radius 3 is 2.11 bits per heavy atom. The molecule has 98 valence electrons. The van der Waals surface area contributed by atoms with Gasteiger partial charge in [-0.25, -0.2) is 0 Å². The highest BCUT2D eigenvalue weighted by molar-refractivity contribution is 6.00. The Balaban J connectivity index is 2.99. The van der Waals surface area contributed by atoms with Crippen LogP contribution < -0.4 is 0 Å². The van der Waals surface area contributed by atoms with Crippen molar-refractivity contribution in [2.45, 2.75) is 26.7 Å². The first kappa shape index (κ1) is 14.2. The van der Waals surface area contributed by atoms with Gasteiger partial charge in [-0.1, -0.05) is 6.07 Å². The first-order chi connectivity index (χ1) is 8.60. The molecule has 18 heavy (non-hydrogen) atoms. The summed E-state index contributed by atoms with van der Waals surface area (Å²) in [6.45, 7) is 5.66. The predicted molar refractivity (Wildman–Crippen MR) is 65.0 cm³/mol. The van der Waals surface area contributed by atoms with Crippen molar-refractivity contribution < 1.29 is 19.1 Å². The number of nitrogens with zero attached hydrogens (tertiary/aromatic N) is 1. The van der Waals surface area contributed by atoms with Crippen molar-refractivity contribution in [2.24, 2.45) is 0 Å². The minimum absolute atomic E-state index is 0.209. The molecule has 1 aromatic rings. The second-order valence-corrected chi connectivity index (χ2v) is 3.70. The van der Waals surface area contributed by atoms with Crippen LogP contribution in [0.25, 0.3) is 0 Å². The van der Waals surface area contributed by atoms with Crippen LogP contribution in [0.3, 0.4) is 0 Å². The van der Waals surface area contributed by atoms with E-state index in [0.717, 1.165) is 5.56 Å². The van der Waals surface area contributed by atoms with Crippen LogP contribution in [0.5, 0.6) is 0 Å². The van der Waals surface area contributed by atoms with Crippen LogP contribution in [-0.4, -0.2) is 30.1 Å². The maximum Gasteiger partial charge on any atom is 0.326 e. The SMILES string of the molecule is CCOC(=O)C(C(=O)OCC)c1ccc(C)cn1. The Morgan fingerprint density at radius 1 is 1.17 bits per heavy atom. The average Bonchev–Trinajstić information content (AvgIpc) is 2.33. The smallest absolute Gasteiger partial charge is 0.326 e. The lowest BCUT2D eigenvalue weighted by Gasteiger charge is -2.13. The van der Waals surface area contributed by atoms with E-state index < -0.39 is 17.9 Å². The largest absolute Gasteiger partial charge is 0.465 e. The fourth-order valence-electron chi connectivity index (χ4n) is 1.44. The molecule has 5 heteroatoms. The molecule has 1 heterocycles. The Bertz CT molecular complexity index is 396. The average molecular weight is 251 g/mol. The summed E-state index contributed by atoms with van der Waals surface area (Å²) in [5, 5.41) is 0. The third-order valence-corrected chi connectivity index (χ3v) is 2.27. The maximum atomic E-state index is 11.8. The van der Waals surface area contributed by atoms with Gasteiger partial charge in [-0.05, 0) is 32.4 Å². The Hall–Kier alpha value is -1.91. The molecule has 1 rings (SSSR count). The predicted octanol–water partition coefficient (Wildman–Crippen LogP) is 1.60. The molecule has 0 spiro atoms. The van der Waals surface area contributed by atoms with Crippen molar-refractivity contribution >= 4 is 11.9 Å². The monoisotopic (exact) mass is 251 g/mol. The minimum Gasteiger partial charge on any atom is -0.465 e. The van der Waals surface area contributed by atoms with Gasteiger partial charge in [0.15, 0.2) is 5.92 Å². The summed E-state index contributed by atoms with van der Waals surface area (Å²) < 4.78 is 9.75. The van der Waals surface area contributed by atoms with Gasteiger partial charge in [-0.3, -0.25) is 14.6 Å². The third kappa shape index (κ3) is 3.55. The Kier molecular flexibility index (Phi) is 5.30. The Morgan fingerprint density at radius 2 is 1.72 bits per heavy atom. The molecule has 0 fully saturated rings. The van der Waals surface area contributed by atoms with E-state index in [1.165, 1.54) is 0 Å². The summed E-state index contributed by atoms with van der Waals surface area (Å²) in [5.74, 6) is -2.37. The van der Waals surface area contributed by atoms with Crippen LogP contribution in [0, 0.1) is 6.92 Å². The molecular formula is C13H17NO4. The fraction of sp³-hybridized carbons (Fsp3) is 0.462. The number of aryl methyl sites for hydroxylation is 1. The van der Waals surface area contributed by atoms with Crippen LogP contribution in [0.4, 0.5) is 0 Å². The number of aromatic nitrogens is 1. The van der Waals surface area contributed by atoms with E-state index in [0.29, 0.717) is 5.69 Å². The summed E-state index contributed by atoms with van der Waals surface area (Å²) in [5.41, 5.74) is 1.29. The van der Waals surface area contributed by atoms with Gasteiger partial charge in [-0.15, -0.1) is 0 Å². The normalized spacial score (nSPS) is 10.2. The van der Waals surface area contributed by atoms with Crippen molar-refractivity contribution in [3.8, 4) is 0 Å². The fourth-order valence-corrected chi connectivity index (χ4v) is 1.44. The van der Waals surface area contributed by atoms with Gasteiger partial charge in [0, 0.05) is 6.20 Å². The second-order valence-electron chi connectivity index (χ2n) is 3.70. The maximum absolute atomic E-state index is 11.8. The number of hydrogen-bond donors (Lipinski definition) is 0. The lowest BCUT2D eigenvalue weighted by atomic mass is 10.0. The molecule has 0 aliphatic heterocycles. The minimum atomic E-state index is -1.11. The molecule has 0 saturated heterocycles. The lowest BCUT2D eigenvalue weighted by molar-refractivity contribution is -0.157. The third-order valence-electron chi connectivity index (χ3n) is 2.27. The van der Waals surface area contributed by atoms with E-state index in [1.807, 2.05) is 6.92 Å². The highest BCUT2D eigenvalue weighted by Gasteiger charge is 2.32. The molecule has 1 aromatic heterocycles. The van der Waals surface area contributed by atoms with Crippen molar-refractivity contribution in [1.82, 2.24) is 4.98 Å². The van der Waals surface area contributed by atoms with E-state index >= 15 is 0 Å². The number of esters is 2. The van der Waals surface area contributed by atoms with Crippen LogP contribution >= 0.6 is 0 Å². The number of carbonyl (C=O) groups is 2. The topological polar surface area (TPSA) is 65.5 Å². The summed E-state index contributed by atoms with van der Waals surface area (Å²) in [6, 6.07) is 3.42. The Labute approximate surface area is 106 Å². The zero-order chi connectivity index (χ0) is 13.5. The summed E-state index contributed by atoms with van der Waals surface area (Å²) >= 11 is 0. The molecular weight excluding hydrogens is 234 g/mol. The van der Waals surface area contributed by atoms with E-state index in [4.69, 9.17) is 9.47 Å². The van der Waals surface area contributed by atoms with Gasteiger partial charge in [0.05, 0.1) is 18.9 Å². The van der Waals surface area contributed by atoms with E-state index in [-0.39, 0.29) is 13.2 Å². The van der Waals surface area contributed by atoms with Crippen LogP contribution in [0.15, 0.2) is 18.3 Å². The highest BCUT2D eigenvalue weighted by Crippen LogP contribution is 2.17. The second kappa shape index (κ2) is 6.74. The van der Waals surface area contributed by atoms with Gasteiger partial charge < -0.3 is 9.47 Å². The van der Waals surface area contributed by atoms with Gasteiger partial charge in [0.25, 0.3) is 0 Å². The highest BCUT2D eigenvalue weighted by atomic mass is 16.6. The molecule has 5 nitrogen and oxygen atoms in total. The molecule has 0 unspecified atom stereocenters. The summed E-state index contributed by atoms with van der Waals surface area (Å²) in [6.07, 6.45) is 1.60. The molecule has 0 amide bonds. The molecule has 0 atom stereocenters. The summed E-state index contributed by atoms with van der Waals surface area (Å²) in [4.78, 5) is 27.6. The van der Waals surface area contributed by atoms with E-state index in [1.54, 1.807) is 32.2 Å². The van der Waals surface area contributed by atoms with Crippen LogP contribution in [-0.2, 0) is 19.1 Å². The molecule has 0 radical (unpaired) electrons. The first-order valence-corrected chi connectivity index (χ1v) is 5.86. The number of rotatable bonds is 5. The molecule has 0 aliphatic carbocycles. The van der Waals surface area contributed by atoms with Crippen LogP contribution in [0.1, 0.15) is 31.0 Å². The number of carbonyl (C=O) groups excluding carboxylic acids is 2. The van der Waals surface area contributed by atoms with Crippen LogP contribution in [0.2, 0.25) is 0 Å². The number of ether oxygens (including phenoxy) is 2.